The molecule has 1 aliphatic rings. The molecule has 4 atom stereocenters. The third-order valence-corrected chi connectivity index (χ3v) is 21.5. The summed E-state index contributed by atoms with van der Waals surface area (Å²) >= 11 is 0. The summed E-state index contributed by atoms with van der Waals surface area (Å²) in [5.41, 5.74) is 6.48. The first-order chi connectivity index (χ1) is 20.4. The lowest BCUT2D eigenvalue weighted by molar-refractivity contribution is -0.386. The van der Waals surface area contributed by atoms with E-state index in [0.29, 0.717) is 11.1 Å². The number of hydrogen-bond acceptors (Lipinski definition) is 9. The van der Waals surface area contributed by atoms with Crippen LogP contribution in [0.15, 0.2) is 35.3 Å². The normalized spacial score (nSPS) is 22.2. The highest BCUT2D eigenvalue weighted by Crippen LogP contribution is 2.52. The van der Waals surface area contributed by atoms with E-state index in [-0.39, 0.29) is 47.1 Å². The van der Waals surface area contributed by atoms with Crippen molar-refractivity contribution in [2.75, 3.05) is 12.3 Å². The number of ether oxygens (including phenoxy) is 2. The molecular weight excluding hydrogens is 609 g/mol. The molecule has 0 saturated carbocycles. The summed E-state index contributed by atoms with van der Waals surface area (Å²) in [4.78, 5) is 28.6. The Morgan fingerprint density at radius 2 is 1.76 bits per heavy atom. The van der Waals surface area contributed by atoms with Gasteiger partial charge in [-0.2, -0.15) is 4.98 Å². The number of nitro groups is 1. The largest absolute Gasteiger partial charge is 0.414 e. The van der Waals surface area contributed by atoms with E-state index >= 15 is 0 Å². The van der Waals surface area contributed by atoms with E-state index < -0.39 is 50.7 Å². The fourth-order valence-electron chi connectivity index (χ4n) is 5.45. The van der Waals surface area contributed by atoms with Gasteiger partial charge in [-0.25, -0.2) is 4.79 Å². The molecule has 2 heterocycles. The second-order valence-corrected chi connectivity index (χ2v) is 26.2. The average Bonchev–Trinajstić information content (AvgIpc) is 3.25. The van der Waals surface area contributed by atoms with Crippen LogP contribution < -0.4 is 11.4 Å². The highest BCUT2D eigenvalue weighted by molar-refractivity contribution is 6.83. The second-order valence-electron chi connectivity index (χ2n) is 15.8. The molecular formula is C32H54N4O7Si2. The van der Waals surface area contributed by atoms with Crippen LogP contribution in [0.2, 0.25) is 36.3 Å². The van der Waals surface area contributed by atoms with E-state index in [1.807, 2.05) is 13.8 Å². The topological polar surface area (TPSA) is 152 Å². The van der Waals surface area contributed by atoms with Crippen LogP contribution in [-0.2, 0) is 20.5 Å². The SMILES string of the molecule is CC(C)[C@H](OCc1cn([C@H]2C[C@@](O)([Si](C)(C)C(C)(C)C)[C@@H](CO[Si](C)(C)C(C)(C)C)O2)c(=O)nc1N)c1ccccc1[N+](=O)[O-]. The van der Waals surface area contributed by atoms with Crippen molar-refractivity contribution in [2.45, 2.75) is 128 Å². The zero-order chi connectivity index (χ0) is 34.3. The van der Waals surface area contributed by atoms with Crippen LogP contribution in [0.25, 0.3) is 0 Å². The molecule has 2 aromatic rings. The lowest BCUT2D eigenvalue weighted by atomic mass is 9.97. The Labute approximate surface area is 269 Å². The summed E-state index contributed by atoms with van der Waals surface area (Å²) in [6, 6.07) is 6.50. The molecule has 45 heavy (non-hydrogen) atoms. The van der Waals surface area contributed by atoms with Crippen LogP contribution in [0.5, 0.6) is 0 Å². The number of anilines is 1. The van der Waals surface area contributed by atoms with Gasteiger partial charge in [-0.15, -0.1) is 0 Å². The van der Waals surface area contributed by atoms with Gasteiger partial charge in [-0.1, -0.05) is 80.6 Å². The molecule has 252 valence electrons. The van der Waals surface area contributed by atoms with E-state index in [4.69, 9.17) is 19.6 Å². The zero-order valence-electron chi connectivity index (χ0n) is 29.1. The molecule has 1 aromatic carbocycles. The Bertz CT molecular complexity index is 1430. The lowest BCUT2D eigenvalue weighted by Crippen LogP contribution is -2.65. The molecule has 11 nitrogen and oxygen atoms in total. The van der Waals surface area contributed by atoms with Crippen LogP contribution in [0.3, 0.4) is 0 Å². The molecule has 0 radical (unpaired) electrons. The monoisotopic (exact) mass is 662 g/mol. The first kappa shape index (κ1) is 37.0. The summed E-state index contributed by atoms with van der Waals surface area (Å²) < 4.78 is 20.8. The van der Waals surface area contributed by atoms with Crippen LogP contribution >= 0.6 is 0 Å². The third kappa shape index (κ3) is 7.44. The Hall–Kier alpha value is -2.43. The van der Waals surface area contributed by atoms with Crippen molar-refractivity contribution in [3.05, 3.63) is 62.2 Å². The minimum absolute atomic E-state index is 0.0109. The van der Waals surface area contributed by atoms with Gasteiger partial charge in [0.15, 0.2) is 8.32 Å². The molecule has 0 aliphatic carbocycles. The first-order valence-corrected chi connectivity index (χ1v) is 21.6. The minimum Gasteiger partial charge on any atom is -0.414 e. The van der Waals surface area contributed by atoms with Gasteiger partial charge in [0.2, 0.25) is 0 Å². The van der Waals surface area contributed by atoms with Gasteiger partial charge in [0.1, 0.15) is 18.1 Å². The van der Waals surface area contributed by atoms with E-state index in [9.17, 15) is 20.0 Å². The smallest absolute Gasteiger partial charge is 0.351 e. The quantitative estimate of drug-likeness (QED) is 0.151. The van der Waals surface area contributed by atoms with Crippen LogP contribution in [0.1, 0.15) is 85.3 Å². The van der Waals surface area contributed by atoms with E-state index in [1.54, 1.807) is 24.4 Å². The molecule has 1 fully saturated rings. The number of para-hydroxylation sites is 1. The van der Waals surface area contributed by atoms with Gasteiger partial charge in [-0.05, 0) is 35.2 Å². The number of nitrogens with zero attached hydrogens (tertiary/aromatic N) is 3. The number of hydrogen-bond donors (Lipinski definition) is 2. The molecule has 0 spiro atoms. The maximum absolute atomic E-state index is 13.3. The molecule has 13 heteroatoms. The maximum Gasteiger partial charge on any atom is 0.351 e. The van der Waals surface area contributed by atoms with E-state index in [1.165, 1.54) is 10.6 Å². The Balaban J connectivity index is 1.98. The van der Waals surface area contributed by atoms with Crippen molar-refractivity contribution in [1.29, 1.82) is 0 Å². The number of benzene rings is 1. The molecule has 3 rings (SSSR count). The van der Waals surface area contributed by atoms with Gasteiger partial charge in [0.25, 0.3) is 5.69 Å². The molecule has 1 saturated heterocycles. The van der Waals surface area contributed by atoms with E-state index in [0.717, 1.165) is 0 Å². The molecule has 1 aliphatic heterocycles. The summed E-state index contributed by atoms with van der Waals surface area (Å²) in [7, 11) is -4.66. The summed E-state index contributed by atoms with van der Waals surface area (Å²) in [6.07, 6.45) is -0.270. The minimum atomic E-state index is -2.49. The van der Waals surface area contributed by atoms with Crippen LogP contribution in [0, 0.1) is 16.0 Å². The predicted octanol–water partition coefficient (Wildman–Crippen LogP) is 6.74. The Morgan fingerprint density at radius 1 is 1.16 bits per heavy atom. The molecule has 1 aromatic heterocycles. The summed E-state index contributed by atoms with van der Waals surface area (Å²) in [5.74, 6) is -0.0811. The maximum atomic E-state index is 13.3. The van der Waals surface area contributed by atoms with Crippen molar-refractivity contribution in [3.63, 3.8) is 0 Å². The fourth-order valence-corrected chi connectivity index (χ4v) is 9.39. The zero-order valence-corrected chi connectivity index (χ0v) is 31.1. The Morgan fingerprint density at radius 3 is 2.29 bits per heavy atom. The van der Waals surface area contributed by atoms with Crippen LogP contribution in [0.4, 0.5) is 11.5 Å². The van der Waals surface area contributed by atoms with Gasteiger partial charge in [-0.3, -0.25) is 14.7 Å². The molecule has 0 bridgehead atoms. The predicted molar refractivity (Wildman–Crippen MR) is 182 cm³/mol. The van der Waals surface area contributed by atoms with Crippen molar-refractivity contribution >= 4 is 27.9 Å². The highest BCUT2D eigenvalue weighted by atomic mass is 28.4. The number of nitrogens with two attached hydrogens (primary N) is 1. The van der Waals surface area contributed by atoms with Gasteiger partial charge in [0, 0.05) is 24.2 Å². The van der Waals surface area contributed by atoms with Gasteiger partial charge in [0.05, 0.1) is 43.1 Å². The van der Waals surface area contributed by atoms with Crippen molar-refractivity contribution < 1.29 is 23.9 Å². The Kier molecular flexibility index (Phi) is 10.7. The third-order valence-electron chi connectivity index (χ3n) is 10.5. The average molecular weight is 663 g/mol. The van der Waals surface area contributed by atoms with Gasteiger partial charge < -0.3 is 24.7 Å². The van der Waals surface area contributed by atoms with Crippen molar-refractivity contribution in [3.8, 4) is 0 Å². The lowest BCUT2D eigenvalue weighted by Gasteiger charge is -2.49. The highest BCUT2D eigenvalue weighted by Gasteiger charge is 2.62. The molecule has 0 amide bonds. The van der Waals surface area contributed by atoms with Gasteiger partial charge >= 0.3 is 5.69 Å². The van der Waals surface area contributed by atoms with Crippen molar-refractivity contribution in [2.24, 2.45) is 5.92 Å². The number of rotatable bonds is 11. The molecule has 3 N–H and O–H groups in total. The molecule has 0 unspecified atom stereocenters. The number of aromatic nitrogens is 2. The number of nitrogen functional groups attached to an aromatic ring is 1. The first-order valence-electron chi connectivity index (χ1n) is 15.7. The summed E-state index contributed by atoms with van der Waals surface area (Å²) in [6.45, 7) is 25.6. The van der Waals surface area contributed by atoms with Crippen LogP contribution in [-0.4, -0.2) is 53.9 Å². The van der Waals surface area contributed by atoms with Crippen molar-refractivity contribution in [1.82, 2.24) is 9.55 Å². The summed E-state index contributed by atoms with van der Waals surface area (Å²) in [5, 5.41) is 22.8. The standard InChI is InChI=1S/C32H54N4O7Si2/c1-21(2)27(23-15-13-14-16-24(23)36(39)40)41-19-22-18-35(29(37)34-28(22)33)26-17-32(38,44(9,10)30(3,4)5)25(43-26)20-42-45(11,12)31(6,7)8/h13-16,18,21,25-27,38H,17,19-20H2,1-12H3,(H2,33,34,37)/t25-,26-,27+,32-/m1/s1. The van der Waals surface area contributed by atoms with E-state index in [2.05, 4.69) is 72.7 Å². The second kappa shape index (κ2) is 13.0. The fraction of sp³-hybridized carbons (Fsp3) is 0.688. The number of aliphatic hydroxyl groups is 1. The number of nitro benzene ring substituents is 1.